The second kappa shape index (κ2) is 8.14. The van der Waals surface area contributed by atoms with Gasteiger partial charge in [0.25, 0.3) is 5.24 Å². The van der Waals surface area contributed by atoms with Crippen molar-refractivity contribution < 1.29 is 23.8 Å². The first-order valence-electron chi connectivity index (χ1n) is 7.45. The third-order valence-corrected chi connectivity index (χ3v) is 4.68. The number of ether oxygens (including phenoxy) is 3. The van der Waals surface area contributed by atoms with Crippen LogP contribution in [0.4, 0.5) is 4.79 Å². The Bertz CT molecular complexity index is 623. The molecule has 0 radical (unpaired) electrons. The topological polar surface area (TPSA) is 68.3 Å². The summed E-state index contributed by atoms with van der Waals surface area (Å²) in [6.45, 7) is 1.05. The Morgan fingerprint density at radius 2 is 1.92 bits per heavy atom. The summed E-state index contributed by atoms with van der Waals surface area (Å²) in [6, 6.07) is 3.61. The lowest BCUT2D eigenvalue weighted by molar-refractivity contribution is -0.130. The Kier molecular flexibility index (Phi) is 6.19. The van der Waals surface area contributed by atoms with E-state index in [0.717, 1.165) is 11.3 Å². The lowest BCUT2D eigenvalue weighted by Crippen LogP contribution is -2.38. The van der Waals surface area contributed by atoms with Gasteiger partial charge in [0.2, 0.25) is 11.7 Å². The second-order valence-corrected chi connectivity index (χ2v) is 6.33. The molecule has 2 rings (SSSR count). The molecule has 1 aromatic rings. The molecular weight excluding hydrogens is 332 g/mol. The number of likely N-dealkylation sites (N-methyl/N-ethyl adjacent to an activating group) is 1. The fourth-order valence-electron chi connectivity index (χ4n) is 2.48. The van der Waals surface area contributed by atoms with Crippen LogP contribution in [0.25, 0.3) is 0 Å². The fourth-order valence-corrected chi connectivity index (χ4v) is 3.31. The second-order valence-electron chi connectivity index (χ2n) is 5.28. The van der Waals surface area contributed by atoms with Crippen LogP contribution in [0.1, 0.15) is 5.56 Å². The zero-order valence-electron chi connectivity index (χ0n) is 14.3. The number of amides is 2. The summed E-state index contributed by atoms with van der Waals surface area (Å²) < 4.78 is 16.0. The lowest BCUT2D eigenvalue weighted by atomic mass is 10.1. The number of benzene rings is 1. The first-order chi connectivity index (χ1) is 11.5. The minimum absolute atomic E-state index is 0.0413. The Morgan fingerprint density at radius 3 is 2.46 bits per heavy atom. The molecule has 2 amide bonds. The molecule has 0 saturated carbocycles. The number of hydrogen-bond donors (Lipinski definition) is 0. The highest BCUT2D eigenvalue weighted by Gasteiger charge is 2.25. The number of hydrogen-bond acceptors (Lipinski definition) is 6. The van der Waals surface area contributed by atoms with E-state index in [1.807, 2.05) is 6.07 Å². The summed E-state index contributed by atoms with van der Waals surface area (Å²) in [5, 5.41) is -0.0413. The molecule has 7 nitrogen and oxygen atoms in total. The van der Waals surface area contributed by atoms with Crippen LogP contribution in [0.15, 0.2) is 12.1 Å². The third kappa shape index (κ3) is 3.87. The van der Waals surface area contributed by atoms with Gasteiger partial charge in [0.05, 0.1) is 21.3 Å². The zero-order valence-corrected chi connectivity index (χ0v) is 15.1. The van der Waals surface area contributed by atoms with Gasteiger partial charge < -0.3 is 24.0 Å². The van der Waals surface area contributed by atoms with Crippen molar-refractivity contribution in [2.75, 3.05) is 47.2 Å². The highest BCUT2D eigenvalue weighted by Crippen LogP contribution is 2.40. The number of methoxy groups -OCH3 is 3. The summed E-state index contributed by atoms with van der Waals surface area (Å²) >= 11 is 1.24. The molecule has 0 aromatic heterocycles. The van der Waals surface area contributed by atoms with E-state index < -0.39 is 0 Å². The molecule has 0 aliphatic carbocycles. The number of thioether (sulfide) groups is 1. The number of rotatable bonds is 7. The summed E-state index contributed by atoms with van der Waals surface area (Å²) in [6.07, 6.45) is 0. The largest absolute Gasteiger partial charge is 0.493 e. The van der Waals surface area contributed by atoms with Crippen molar-refractivity contribution in [1.29, 1.82) is 0 Å². The average molecular weight is 354 g/mol. The van der Waals surface area contributed by atoms with Gasteiger partial charge in [0.1, 0.15) is 6.54 Å². The van der Waals surface area contributed by atoms with E-state index in [4.69, 9.17) is 14.2 Å². The van der Waals surface area contributed by atoms with Crippen molar-refractivity contribution in [2.45, 2.75) is 6.54 Å². The quantitative estimate of drug-likeness (QED) is 0.744. The van der Waals surface area contributed by atoms with E-state index in [-0.39, 0.29) is 17.7 Å². The van der Waals surface area contributed by atoms with E-state index in [1.165, 1.54) is 18.9 Å². The SMILES string of the molecule is COc1ccc(CN(C)C(=O)CN2CCSC2=O)c(OC)c1OC. The van der Waals surface area contributed by atoms with E-state index in [9.17, 15) is 9.59 Å². The molecule has 8 heteroatoms. The maximum absolute atomic E-state index is 12.4. The molecule has 0 N–H and O–H groups in total. The molecule has 1 saturated heterocycles. The maximum Gasteiger partial charge on any atom is 0.282 e. The third-order valence-electron chi connectivity index (χ3n) is 3.79. The Balaban J connectivity index is 2.11. The predicted octanol–water partition coefficient (Wildman–Crippen LogP) is 1.84. The van der Waals surface area contributed by atoms with E-state index in [0.29, 0.717) is 30.3 Å². The van der Waals surface area contributed by atoms with E-state index in [1.54, 1.807) is 37.1 Å². The van der Waals surface area contributed by atoms with Crippen LogP contribution >= 0.6 is 11.8 Å². The number of nitrogens with zero attached hydrogens (tertiary/aromatic N) is 2. The maximum atomic E-state index is 12.4. The molecule has 24 heavy (non-hydrogen) atoms. The summed E-state index contributed by atoms with van der Waals surface area (Å²) in [7, 11) is 6.34. The summed E-state index contributed by atoms with van der Waals surface area (Å²) in [5.74, 6) is 2.20. The van der Waals surface area contributed by atoms with Gasteiger partial charge in [-0.15, -0.1) is 0 Å². The number of carbonyl (C=O) groups excluding carboxylic acids is 2. The van der Waals surface area contributed by atoms with Gasteiger partial charge in [-0.25, -0.2) is 0 Å². The molecule has 1 fully saturated rings. The minimum Gasteiger partial charge on any atom is -0.493 e. The lowest BCUT2D eigenvalue weighted by Gasteiger charge is -2.23. The Morgan fingerprint density at radius 1 is 1.21 bits per heavy atom. The van der Waals surface area contributed by atoms with Crippen LogP contribution in [-0.2, 0) is 11.3 Å². The fraction of sp³-hybridized carbons (Fsp3) is 0.500. The molecule has 0 spiro atoms. The Labute approximate surface area is 145 Å². The highest BCUT2D eigenvalue weighted by atomic mass is 32.2. The molecule has 0 atom stereocenters. The van der Waals surface area contributed by atoms with Crippen LogP contribution < -0.4 is 14.2 Å². The van der Waals surface area contributed by atoms with E-state index >= 15 is 0 Å². The first kappa shape index (κ1) is 18.3. The molecule has 132 valence electrons. The van der Waals surface area contributed by atoms with Gasteiger partial charge in [-0.3, -0.25) is 9.59 Å². The first-order valence-corrected chi connectivity index (χ1v) is 8.43. The van der Waals surface area contributed by atoms with Gasteiger partial charge >= 0.3 is 0 Å². The van der Waals surface area contributed by atoms with Crippen LogP contribution in [0.3, 0.4) is 0 Å². The smallest absolute Gasteiger partial charge is 0.282 e. The van der Waals surface area contributed by atoms with Crippen molar-refractivity contribution in [3.63, 3.8) is 0 Å². The molecule has 1 aliphatic heterocycles. The molecule has 0 bridgehead atoms. The molecule has 1 aromatic carbocycles. The number of carbonyl (C=O) groups is 2. The van der Waals surface area contributed by atoms with Gasteiger partial charge in [-0.05, 0) is 12.1 Å². The molecule has 1 aliphatic rings. The van der Waals surface area contributed by atoms with Crippen molar-refractivity contribution in [2.24, 2.45) is 0 Å². The van der Waals surface area contributed by atoms with Crippen molar-refractivity contribution in [3.8, 4) is 17.2 Å². The van der Waals surface area contributed by atoms with Crippen LogP contribution in [0, 0.1) is 0 Å². The average Bonchev–Trinajstić information content (AvgIpc) is 2.98. The van der Waals surface area contributed by atoms with Gasteiger partial charge in [-0.1, -0.05) is 11.8 Å². The Hall–Kier alpha value is -2.09. The standard InChI is InChI=1S/C16H22N2O5S/c1-17(13(19)10-18-7-8-24-16(18)20)9-11-5-6-12(21-2)15(23-4)14(11)22-3/h5-6H,7-10H2,1-4H3. The predicted molar refractivity (Wildman–Crippen MR) is 92.0 cm³/mol. The van der Waals surface area contributed by atoms with Gasteiger partial charge in [0.15, 0.2) is 11.5 Å². The monoisotopic (exact) mass is 354 g/mol. The van der Waals surface area contributed by atoms with Crippen molar-refractivity contribution in [1.82, 2.24) is 9.80 Å². The molecule has 0 unspecified atom stereocenters. The minimum atomic E-state index is -0.123. The van der Waals surface area contributed by atoms with E-state index in [2.05, 4.69) is 0 Å². The van der Waals surface area contributed by atoms with Crippen molar-refractivity contribution in [3.05, 3.63) is 17.7 Å². The van der Waals surface area contributed by atoms with Crippen LogP contribution in [0.5, 0.6) is 17.2 Å². The summed E-state index contributed by atoms with van der Waals surface area (Å²) in [5.41, 5.74) is 0.799. The zero-order chi connectivity index (χ0) is 17.7. The highest BCUT2D eigenvalue weighted by molar-refractivity contribution is 8.13. The van der Waals surface area contributed by atoms with Crippen molar-refractivity contribution >= 4 is 22.9 Å². The van der Waals surface area contributed by atoms with Crippen LogP contribution in [-0.4, -0.2) is 68.2 Å². The van der Waals surface area contributed by atoms with Crippen LogP contribution in [0.2, 0.25) is 0 Å². The summed E-state index contributed by atoms with van der Waals surface area (Å²) in [4.78, 5) is 27.1. The normalized spacial score (nSPS) is 13.8. The van der Waals surface area contributed by atoms with Gasteiger partial charge in [-0.2, -0.15) is 0 Å². The molecular formula is C16H22N2O5S. The van der Waals surface area contributed by atoms with Gasteiger partial charge in [0, 0.05) is 31.5 Å². The molecule has 1 heterocycles.